The normalized spacial score (nSPS) is 10.1. The molecule has 0 aliphatic heterocycles. The standard InChI is InChI=1S/C18H20N2/c1-4-20(18-8-6-5-7-14(18)2)13-17-10-9-16(12-19)11-15(17)3/h5-11H,4,13H2,1-3H3. The second-order valence-electron chi connectivity index (χ2n) is 5.05. The first-order valence-electron chi connectivity index (χ1n) is 6.96. The molecule has 0 atom stereocenters. The molecule has 20 heavy (non-hydrogen) atoms. The van der Waals surface area contributed by atoms with Gasteiger partial charge in [0.25, 0.3) is 0 Å². The van der Waals surface area contributed by atoms with Gasteiger partial charge < -0.3 is 4.90 Å². The van der Waals surface area contributed by atoms with Gasteiger partial charge in [-0.05, 0) is 55.7 Å². The third-order valence-electron chi connectivity index (χ3n) is 3.67. The van der Waals surface area contributed by atoms with Gasteiger partial charge in [0.15, 0.2) is 0 Å². The molecule has 2 aromatic carbocycles. The lowest BCUT2D eigenvalue weighted by atomic mass is 10.0. The zero-order valence-corrected chi connectivity index (χ0v) is 12.4. The van der Waals surface area contributed by atoms with Gasteiger partial charge in [-0.3, -0.25) is 0 Å². The molecule has 0 fully saturated rings. The number of hydrogen-bond acceptors (Lipinski definition) is 2. The summed E-state index contributed by atoms with van der Waals surface area (Å²) in [4.78, 5) is 2.36. The monoisotopic (exact) mass is 264 g/mol. The van der Waals surface area contributed by atoms with Crippen molar-refractivity contribution in [2.24, 2.45) is 0 Å². The van der Waals surface area contributed by atoms with Crippen LogP contribution in [0.5, 0.6) is 0 Å². The summed E-state index contributed by atoms with van der Waals surface area (Å²) in [6.07, 6.45) is 0. The topological polar surface area (TPSA) is 27.0 Å². The van der Waals surface area contributed by atoms with Crippen LogP contribution in [0.3, 0.4) is 0 Å². The van der Waals surface area contributed by atoms with Crippen molar-refractivity contribution in [3.8, 4) is 6.07 Å². The van der Waals surface area contributed by atoms with Crippen LogP contribution in [0.15, 0.2) is 42.5 Å². The molecule has 0 saturated heterocycles. The van der Waals surface area contributed by atoms with Crippen molar-refractivity contribution < 1.29 is 0 Å². The third-order valence-corrected chi connectivity index (χ3v) is 3.67. The van der Waals surface area contributed by atoms with Gasteiger partial charge in [0.2, 0.25) is 0 Å². The smallest absolute Gasteiger partial charge is 0.0991 e. The quantitative estimate of drug-likeness (QED) is 0.827. The van der Waals surface area contributed by atoms with E-state index in [1.807, 2.05) is 12.1 Å². The Bertz CT molecular complexity index is 638. The van der Waals surface area contributed by atoms with E-state index >= 15 is 0 Å². The van der Waals surface area contributed by atoms with E-state index in [0.717, 1.165) is 18.7 Å². The van der Waals surface area contributed by atoms with Gasteiger partial charge in [-0.25, -0.2) is 0 Å². The Morgan fingerprint density at radius 2 is 1.80 bits per heavy atom. The number of anilines is 1. The van der Waals surface area contributed by atoms with Crippen molar-refractivity contribution in [1.82, 2.24) is 0 Å². The molecule has 2 rings (SSSR count). The van der Waals surface area contributed by atoms with E-state index in [-0.39, 0.29) is 0 Å². The van der Waals surface area contributed by atoms with Crippen molar-refractivity contribution in [3.05, 3.63) is 64.7 Å². The average Bonchev–Trinajstić information content (AvgIpc) is 2.47. The largest absolute Gasteiger partial charge is 0.367 e. The van der Waals surface area contributed by atoms with Gasteiger partial charge in [-0.15, -0.1) is 0 Å². The van der Waals surface area contributed by atoms with Crippen molar-refractivity contribution >= 4 is 5.69 Å². The molecule has 0 bridgehead atoms. The van der Waals surface area contributed by atoms with Gasteiger partial charge >= 0.3 is 0 Å². The van der Waals surface area contributed by atoms with E-state index in [1.54, 1.807) is 0 Å². The maximum Gasteiger partial charge on any atom is 0.0991 e. The number of nitriles is 1. The zero-order valence-electron chi connectivity index (χ0n) is 12.4. The highest BCUT2D eigenvalue weighted by atomic mass is 15.1. The first-order valence-corrected chi connectivity index (χ1v) is 6.96. The minimum Gasteiger partial charge on any atom is -0.367 e. The maximum absolute atomic E-state index is 8.93. The summed E-state index contributed by atoms with van der Waals surface area (Å²) in [5, 5.41) is 8.93. The molecule has 0 aliphatic rings. The van der Waals surface area contributed by atoms with Crippen molar-refractivity contribution in [1.29, 1.82) is 5.26 Å². The Morgan fingerprint density at radius 3 is 2.40 bits per heavy atom. The van der Waals surface area contributed by atoms with E-state index < -0.39 is 0 Å². The van der Waals surface area contributed by atoms with Crippen molar-refractivity contribution in [2.75, 3.05) is 11.4 Å². The first kappa shape index (κ1) is 14.1. The number of hydrogen-bond donors (Lipinski definition) is 0. The molecule has 2 aromatic rings. The molecular formula is C18H20N2. The molecular weight excluding hydrogens is 244 g/mol. The van der Waals surface area contributed by atoms with Crippen molar-refractivity contribution in [2.45, 2.75) is 27.3 Å². The molecule has 2 nitrogen and oxygen atoms in total. The lowest BCUT2D eigenvalue weighted by Gasteiger charge is -2.25. The van der Waals surface area contributed by atoms with Crippen LogP contribution in [0.25, 0.3) is 0 Å². The molecule has 0 N–H and O–H groups in total. The molecule has 0 spiro atoms. The average molecular weight is 264 g/mol. The molecule has 0 heterocycles. The molecule has 0 unspecified atom stereocenters. The zero-order chi connectivity index (χ0) is 14.5. The molecule has 0 aromatic heterocycles. The molecule has 0 saturated carbocycles. The minimum atomic E-state index is 0.727. The highest BCUT2D eigenvalue weighted by molar-refractivity contribution is 5.53. The SMILES string of the molecule is CCN(Cc1ccc(C#N)cc1C)c1ccccc1C. The van der Waals surface area contributed by atoms with Crippen LogP contribution in [-0.4, -0.2) is 6.54 Å². The van der Waals surface area contributed by atoms with Crippen molar-refractivity contribution in [3.63, 3.8) is 0 Å². The van der Waals surface area contributed by atoms with E-state index in [2.05, 4.69) is 62.1 Å². The van der Waals surface area contributed by atoms with Crippen LogP contribution < -0.4 is 4.90 Å². The lowest BCUT2D eigenvalue weighted by Crippen LogP contribution is -2.23. The van der Waals surface area contributed by atoms with E-state index in [1.165, 1.54) is 22.4 Å². The van der Waals surface area contributed by atoms with Gasteiger partial charge in [0, 0.05) is 18.8 Å². The summed E-state index contributed by atoms with van der Waals surface area (Å²) in [6.45, 7) is 8.22. The van der Waals surface area contributed by atoms with E-state index in [0.29, 0.717) is 0 Å². The van der Waals surface area contributed by atoms with Crippen LogP contribution in [0.2, 0.25) is 0 Å². The molecule has 0 amide bonds. The number of para-hydroxylation sites is 1. The number of rotatable bonds is 4. The maximum atomic E-state index is 8.93. The Hall–Kier alpha value is -2.27. The lowest BCUT2D eigenvalue weighted by molar-refractivity contribution is 0.823. The Balaban J connectivity index is 2.28. The summed E-state index contributed by atoms with van der Waals surface area (Å²) in [5.74, 6) is 0. The predicted octanol–water partition coefficient (Wildman–Crippen LogP) is 4.20. The summed E-state index contributed by atoms with van der Waals surface area (Å²) >= 11 is 0. The fourth-order valence-corrected chi connectivity index (χ4v) is 2.43. The molecule has 0 aliphatic carbocycles. The van der Waals surface area contributed by atoms with Crippen LogP contribution in [0.1, 0.15) is 29.2 Å². The van der Waals surface area contributed by atoms with Crippen LogP contribution in [0, 0.1) is 25.2 Å². The fourth-order valence-electron chi connectivity index (χ4n) is 2.43. The second kappa shape index (κ2) is 6.25. The summed E-state index contributed by atoms with van der Waals surface area (Å²) in [5.41, 5.74) is 5.75. The number of aryl methyl sites for hydroxylation is 2. The van der Waals surface area contributed by atoms with E-state index in [4.69, 9.17) is 5.26 Å². The van der Waals surface area contributed by atoms with Crippen LogP contribution >= 0.6 is 0 Å². The summed E-state index contributed by atoms with van der Waals surface area (Å²) < 4.78 is 0. The Labute approximate surface area is 121 Å². The summed E-state index contributed by atoms with van der Waals surface area (Å²) in [7, 11) is 0. The molecule has 2 heteroatoms. The predicted molar refractivity (Wildman–Crippen MR) is 83.8 cm³/mol. The highest BCUT2D eigenvalue weighted by Gasteiger charge is 2.09. The number of nitrogens with zero attached hydrogens (tertiary/aromatic N) is 2. The van der Waals surface area contributed by atoms with E-state index in [9.17, 15) is 0 Å². The third kappa shape index (κ3) is 3.00. The first-order chi connectivity index (χ1) is 9.65. The Morgan fingerprint density at radius 1 is 1.05 bits per heavy atom. The number of benzene rings is 2. The molecule has 102 valence electrons. The van der Waals surface area contributed by atoms with Crippen LogP contribution in [0.4, 0.5) is 5.69 Å². The highest BCUT2D eigenvalue weighted by Crippen LogP contribution is 2.22. The second-order valence-corrected chi connectivity index (χ2v) is 5.05. The molecule has 0 radical (unpaired) electrons. The van der Waals surface area contributed by atoms with Gasteiger partial charge in [-0.1, -0.05) is 24.3 Å². The van der Waals surface area contributed by atoms with Gasteiger partial charge in [0.1, 0.15) is 0 Å². The Kier molecular flexibility index (Phi) is 4.42. The van der Waals surface area contributed by atoms with Gasteiger partial charge in [0.05, 0.1) is 11.6 Å². The minimum absolute atomic E-state index is 0.727. The fraction of sp³-hybridized carbons (Fsp3) is 0.278. The van der Waals surface area contributed by atoms with Gasteiger partial charge in [-0.2, -0.15) is 5.26 Å². The summed E-state index contributed by atoms with van der Waals surface area (Å²) in [6, 6.07) is 16.6. The van der Waals surface area contributed by atoms with Crippen LogP contribution in [-0.2, 0) is 6.54 Å².